The predicted octanol–water partition coefficient (Wildman–Crippen LogP) is 8.02. The third-order valence-electron chi connectivity index (χ3n) is 9.79. The molecule has 160 valence electrons. The molecule has 0 aliphatic heterocycles. The van der Waals surface area contributed by atoms with E-state index in [2.05, 4.69) is 59.8 Å². The van der Waals surface area contributed by atoms with Gasteiger partial charge >= 0.3 is 0 Å². The molecular weight excluding hydrogens is 352 g/mol. The Balaban J connectivity index is 1.55. The highest BCUT2D eigenvalue weighted by Gasteiger charge is 2.56. The first-order valence-electron chi connectivity index (χ1n) is 12.2. The van der Waals surface area contributed by atoms with Crippen LogP contribution in [0.4, 0.5) is 0 Å². The Morgan fingerprint density at radius 1 is 1.00 bits per heavy atom. The number of aliphatic hydroxyl groups excluding tert-OH is 1. The molecule has 0 heterocycles. The zero-order chi connectivity index (χ0) is 21.0. The molecule has 2 fully saturated rings. The average molecular weight is 395 g/mol. The predicted molar refractivity (Wildman–Crippen MR) is 124 cm³/mol. The fourth-order valence-electron chi connectivity index (χ4n) is 7.36. The molecule has 0 aromatic rings. The Morgan fingerprint density at radius 2 is 1.76 bits per heavy atom. The molecule has 4 aliphatic carbocycles. The smallest absolute Gasteiger partial charge is 0.115 e. The van der Waals surface area contributed by atoms with Gasteiger partial charge in [0.05, 0.1) is 0 Å². The van der Waals surface area contributed by atoms with Crippen LogP contribution in [0.15, 0.2) is 47.3 Å². The number of fused-ring (bicyclic) bond motifs is 5. The number of hydrogen-bond donors (Lipinski definition) is 1. The molecule has 0 saturated heterocycles. The van der Waals surface area contributed by atoms with Gasteiger partial charge in [-0.15, -0.1) is 0 Å². The number of rotatable bonds is 5. The minimum absolute atomic E-state index is 0.0635. The van der Waals surface area contributed by atoms with Crippen molar-refractivity contribution >= 4 is 0 Å². The maximum absolute atomic E-state index is 9.98. The summed E-state index contributed by atoms with van der Waals surface area (Å²) in [7, 11) is 0. The Bertz CT molecular complexity index is 765. The van der Waals surface area contributed by atoms with Crippen molar-refractivity contribution in [3.63, 3.8) is 0 Å². The molecule has 0 spiro atoms. The summed E-state index contributed by atoms with van der Waals surface area (Å²) in [6, 6.07) is 0. The first-order valence-corrected chi connectivity index (χ1v) is 12.2. The lowest BCUT2D eigenvalue weighted by Crippen LogP contribution is -2.44. The summed E-state index contributed by atoms with van der Waals surface area (Å²) in [4.78, 5) is 0. The molecule has 1 nitrogen and oxygen atoms in total. The zero-order valence-electron chi connectivity index (χ0n) is 19.5. The standard InChI is InChI=1S/C28H42O/c1-18(2)19(3)7-8-20(4)24-11-12-25-23-10-9-21-17-22(29)13-15-27(21,5)26(23)14-16-28(24,25)6/h9-10,13,15,17-20,24-26,29H,7-8,11-12,14,16H2,1-6H3/t19-,20+,24+,25-,26-,27-,28+/m0/s1. The van der Waals surface area contributed by atoms with Gasteiger partial charge in [0.25, 0.3) is 0 Å². The van der Waals surface area contributed by atoms with Crippen molar-refractivity contribution in [1.29, 1.82) is 0 Å². The van der Waals surface area contributed by atoms with Gasteiger partial charge in [-0.1, -0.05) is 78.2 Å². The van der Waals surface area contributed by atoms with Crippen LogP contribution in [0.25, 0.3) is 0 Å². The highest BCUT2D eigenvalue weighted by Crippen LogP contribution is 2.65. The van der Waals surface area contributed by atoms with Crippen molar-refractivity contribution in [3.05, 3.63) is 47.3 Å². The summed E-state index contributed by atoms with van der Waals surface area (Å²) in [5.41, 5.74) is 3.55. The van der Waals surface area contributed by atoms with E-state index in [-0.39, 0.29) is 5.41 Å². The Labute approximate surface area is 179 Å². The van der Waals surface area contributed by atoms with Crippen LogP contribution in [0.5, 0.6) is 0 Å². The second-order valence-electron chi connectivity index (χ2n) is 11.6. The Morgan fingerprint density at radius 3 is 2.48 bits per heavy atom. The van der Waals surface area contributed by atoms with Gasteiger partial charge in [0.2, 0.25) is 0 Å². The van der Waals surface area contributed by atoms with Crippen LogP contribution in [0.2, 0.25) is 0 Å². The summed E-state index contributed by atoms with van der Waals surface area (Å²) in [6.07, 6.45) is 19.1. The first-order chi connectivity index (χ1) is 13.7. The van der Waals surface area contributed by atoms with Crippen LogP contribution in [-0.4, -0.2) is 5.11 Å². The molecule has 29 heavy (non-hydrogen) atoms. The van der Waals surface area contributed by atoms with Gasteiger partial charge in [-0.25, -0.2) is 0 Å². The van der Waals surface area contributed by atoms with E-state index in [1.54, 1.807) is 5.57 Å². The topological polar surface area (TPSA) is 20.2 Å². The third-order valence-corrected chi connectivity index (χ3v) is 9.79. The molecular formula is C28H42O. The van der Waals surface area contributed by atoms with Crippen molar-refractivity contribution < 1.29 is 5.11 Å². The van der Waals surface area contributed by atoms with Gasteiger partial charge in [0, 0.05) is 5.41 Å². The fourth-order valence-corrected chi connectivity index (χ4v) is 7.36. The van der Waals surface area contributed by atoms with E-state index in [4.69, 9.17) is 0 Å². The summed E-state index contributed by atoms with van der Waals surface area (Å²) < 4.78 is 0. The van der Waals surface area contributed by atoms with Crippen LogP contribution < -0.4 is 0 Å². The van der Waals surface area contributed by atoms with Gasteiger partial charge in [-0.05, 0) is 84.3 Å². The highest BCUT2D eigenvalue weighted by atomic mass is 16.3. The Kier molecular flexibility index (Phi) is 5.41. The maximum atomic E-state index is 9.98. The molecule has 0 amide bonds. The largest absolute Gasteiger partial charge is 0.508 e. The lowest BCUT2D eigenvalue weighted by atomic mass is 9.51. The number of aliphatic hydroxyl groups is 1. The molecule has 0 aromatic carbocycles. The normalized spacial score (nSPS) is 40.4. The SMILES string of the molecule is CC(C)[C@@H](C)CC[C@@H](C)[C@H]1CC[C@H]2C3=CC=C4C=C(O)C=C[C@]4(C)[C@H]3CC[C@]12C. The van der Waals surface area contributed by atoms with Crippen molar-refractivity contribution in [3.8, 4) is 0 Å². The van der Waals surface area contributed by atoms with Crippen molar-refractivity contribution in [2.75, 3.05) is 0 Å². The fraction of sp³-hybridized carbons (Fsp3) is 0.714. The minimum Gasteiger partial charge on any atom is -0.508 e. The van der Waals surface area contributed by atoms with Gasteiger partial charge in [-0.2, -0.15) is 0 Å². The zero-order valence-corrected chi connectivity index (χ0v) is 19.5. The molecule has 7 atom stereocenters. The second kappa shape index (κ2) is 7.47. The molecule has 4 rings (SSSR count). The van der Waals surface area contributed by atoms with E-state index in [0.29, 0.717) is 17.1 Å². The molecule has 1 heteroatoms. The third kappa shape index (κ3) is 3.37. The highest BCUT2D eigenvalue weighted by molar-refractivity contribution is 5.49. The molecule has 0 bridgehead atoms. The van der Waals surface area contributed by atoms with Gasteiger partial charge in [-0.3, -0.25) is 0 Å². The van der Waals surface area contributed by atoms with Gasteiger partial charge in [0.1, 0.15) is 5.76 Å². The van der Waals surface area contributed by atoms with Crippen molar-refractivity contribution in [2.24, 2.45) is 46.3 Å². The number of allylic oxidation sites excluding steroid dienone is 7. The maximum Gasteiger partial charge on any atom is 0.115 e. The molecule has 1 N–H and O–H groups in total. The summed E-state index contributed by atoms with van der Waals surface area (Å²) in [5, 5.41) is 9.98. The van der Waals surface area contributed by atoms with E-state index in [0.717, 1.165) is 29.6 Å². The monoisotopic (exact) mass is 394 g/mol. The first kappa shape index (κ1) is 21.0. The van der Waals surface area contributed by atoms with Gasteiger partial charge < -0.3 is 5.11 Å². The minimum atomic E-state index is 0.0635. The average Bonchev–Trinajstić information content (AvgIpc) is 3.03. The summed E-state index contributed by atoms with van der Waals surface area (Å²) in [5.74, 6) is 5.10. The van der Waals surface area contributed by atoms with Crippen LogP contribution >= 0.6 is 0 Å². The number of hydrogen-bond acceptors (Lipinski definition) is 1. The van der Waals surface area contributed by atoms with Crippen LogP contribution in [0.1, 0.15) is 80.1 Å². The van der Waals surface area contributed by atoms with E-state index in [1.165, 1.54) is 44.1 Å². The van der Waals surface area contributed by atoms with E-state index in [1.807, 2.05) is 12.2 Å². The summed E-state index contributed by atoms with van der Waals surface area (Å²) >= 11 is 0. The van der Waals surface area contributed by atoms with E-state index >= 15 is 0 Å². The van der Waals surface area contributed by atoms with Gasteiger partial charge in [0.15, 0.2) is 0 Å². The molecule has 2 saturated carbocycles. The van der Waals surface area contributed by atoms with E-state index in [9.17, 15) is 5.11 Å². The lowest BCUT2D eigenvalue weighted by Gasteiger charge is -2.53. The molecule has 4 aliphatic rings. The van der Waals surface area contributed by atoms with E-state index < -0.39 is 0 Å². The molecule has 0 aromatic heterocycles. The molecule has 0 unspecified atom stereocenters. The van der Waals surface area contributed by atoms with Crippen LogP contribution in [0.3, 0.4) is 0 Å². The Hall–Kier alpha value is -1.24. The van der Waals surface area contributed by atoms with Crippen molar-refractivity contribution in [1.82, 2.24) is 0 Å². The van der Waals surface area contributed by atoms with Crippen LogP contribution in [0, 0.1) is 46.3 Å². The molecule has 0 radical (unpaired) electrons. The second-order valence-corrected chi connectivity index (χ2v) is 11.6. The quantitative estimate of drug-likeness (QED) is 0.500. The lowest BCUT2D eigenvalue weighted by molar-refractivity contribution is 0.0613. The van der Waals surface area contributed by atoms with Crippen molar-refractivity contribution in [2.45, 2.75) is 80.1 Å². The summed E-state index contributed by atoms with van der Waals surface area (Å²) in [6.45, 7) is 14.7. The van der Waals surface area contributed by atoms with Crippen LogP contribution in [-0.2, 0) is 0 Å².